The van der Waals surface area contributed by atoms with Crippen molar-refractivity contribution < 1.29 is 9.53 Å². The number of carbonyl (C=O) groups is 1. The fraction of sp³-hybridized carbons (Fsp3) is 0.938. The summed E-state index contributed by atoms with van der Waals surface area (Å²) in [7, 11) is 1.71. The molecule has 1 N–H and O–H groups in total. The van der Waals surface area contributed by atoms with Crippen molar-refractivity contribution in [3.63, 3.8) is 0 Å². The molecule has 3 aliphatic rings. The summed E-state index contributed by atoms with van der Waals surface area (Å²) in [4.78, 5) is 14.9. The number of methoxy groups -OCH3 is 1. The van der Waals surface area contributed by atoms with Gasteiger partial charge in [0.15, 0.2) is 0 Å². The first-order chi connectivity index (χ1) is 9.70. The molecule has 122 valence electrons. The Bertz CT molecular complexity index is 365. The number of carbonyl (C=O) groups excluding carboxylic acids is 1. The largest absolute Gasteiger partial charge is 0.384 e. The fourth-order valence-corrected chi connectivity index (χ4v) is 4.10. The van der Waals surface area contributed by atoms with E-state index in [9.17, 15) is 4.79 Å². The molecule has 1 aliphatic carbocycles. The highest BCUT2D eigenvalue weighted by atomic mass is 35.5. The molecule has 0 aromatic rings. The average molecular weight is 317 g/mol. The summed E-state index contributed by atoms with van der Waals surface area (Å²) in [5.41, 5.74) is 0.360. The van der Waals surface area contributed by atoms with Crippen LogP contribution in [0.1, 0.15) is 44.9 Å². The van der Waals surface area contributed by atoms with E-state index < -0.39 is 0 Å². The second-order valence-corrected chi connectivity index (χ2v) is 7.11. The van der Waals surface area contributed by atoms with Crippen LogP contribution in [0.4, 0.5) is 0 Å². The Hall–Kier alpha value is -0.320. The zero-order valence-electron chi connectivity index (χ0n) is 13.2. The van der Waals surface area contributed by atoms with E-state index in [2.05, 4.69) is 10.2 Å². The molecule has 1 spiro atoms. The summed E-state index contributed by atoms with van der Waals surface area (Å²) in [6.45, 7) is 4.84. The zero-order chi connectivity index (χ0) is 14.1. The lowest BCUT2D eigenvalue weighted by Gasteiger charge is -2.37. The molecule has 2 aliphatic heterocycles. The van der Waals surface area contributed by atoms with Gasteiger partial charge in [-0.1, -0.05) is 0 Å². The number of ether oxygens (including phenoxy) is 1. The molecule has 2 saturated heterocycles. The van der Waals surface area contributed by atoms with Gasteiger partial charge in [0.1, 0.15) is 0 Å². The first kappa shape index (κ1) is 17.0. The van der Waals surface area contributed by atoms with E-state index >= 15 is 0 Å². The van der Waals surface area contributed by atoms with E-state index in [1.165, 1.54) is 32.1 Å². The van der Waals surface area contributed by atoms with E-state index in [-0.39, 0.29) is 17.8 Å². The van der Waals surface area contributed by atoms with Crippen LogP contribution < -0.4 is 5.32 Å². The Morgan fingerprint density at radius 1 is 1.10 bits per heavy atom. The topological polar surface area (TPSA) is 41.6 Å². The van der Waals surface area contributed by atoms with Gasteiger partial charge in [-0.3, -0.25) is 4.79 Å². The highest BCUT2D eigenvalue weighted by Gasteiger charge is 2.52. The molecule has 1 amide bonds. The third-order valence-corrected chi connectivity index (χ3v) is 5.73. The van der Waals surface area contributed by atoms with Crippen molar-refractivity contribution in [3.8, 4) is 0 Å². The van der Waals surface area contributed by atoms with E-state index in [4.69, 9.17) is 4.74 Å². The molecular weight excluding hydrogens is 288 g/mol. The number of nitrogens with zero attached hydrogens (tertiary/aromatic N) is 1. The van der Waals surface area contributed by atoms with Crippen LogP contribution in [-0.2, 0) is 9.53 Å². The number of likely N-dealkylation sites (tertiary alicyclic amines) is 1. The SMILES string of the molecule is COCC1(C(=O)N2CCCC3(CCNCC3)CC2)CC1.Cl. The summed E-state index contributed by atoms with van der Waals surface area (Å²) < 4.78 is 5.27. The van der Waals surface area contributed by atoms with Gasteiger partial charge in [-0.15, -0.1) is 12.4 Å². The van der Waals surface area contributed by atoms with Crippen molar-refractivity contribution in [2.45, 2.75) is 44.9 Å². The molecule has 2 heterocycles. The maximum absolute atomic E-state index is 12.7. The lowest BCUT2D eigenvalue weighted by molar-refractivity contribution is -0.139. The Kier molecular flexibility index (Phi) is 5.55. The van der Waals surface area contributed by atoms with Crippen LogP contribution in [0.3, 0.4) is 0 Å². The van der Waals surface area contributed by atoms with Gasteiger partial charge >= 0.3 is 0 Å². The molecule has 0 aromatic heterocycles. The van der Waals surface area contributed by atoms with Crippen molar-refractivity contribution in [2.75, 3.05) is 39.9 Å². The first-order valence-electron chi connectivity index (χ1n) is 8.19. The number of hydrogen-bond acceptors (Lipinski definition) is 3. The number of piperidine rings is 1. The van der Waals surface area contributed by atoms with Crippen LogP contribution in [0.15, 0.2) is 0 Å². The molecule has 21 heavy (non-hydrogen) atoms. The molecule has 3 fully saturated rings. The van der Waals surface area contributed by atoms with E-state index in [0.717, 1.165) is 39.0 Å². The van der Waals surface area contributed by atoms with E-state index in [1.807, 2.05) is 0 Å². The smallest absolute Gasteiger partial charge is 0.231 e. The minimum Gasteiger partial charge on any atom is -0.384 e. The normalized spacial score (nSPS) is 26.8. The number of halogens is 1. The van der Waals surface area contributed by atoms with Gasteiger partial charge in [-0.05, 0) is 63.5 Å². The third-order valence-electron chi connectivity index (χ3n) is 5.73. The lowest BCUT2D eigenvalue weighted by atomic mass is 9.73. The van der Waals surface area contributed by atoms with E-state index in [1.54, 1.807) is 7.11 Å². The van der Waals surface area contributed by atoms with Crippen LogP contribution in [0, 0.1) is 10.8 Å². The van der Waals surface area contributed by atoms with Crippen molar-refractivity contribution in [1.29, 1.82) is 0 Å². The van der Waals surface area contributed by atoms with Gasteiger partial charge in [0.25, 0.3) is 0 Å². The quantitative estimate of drug-likeness (QED) is 0.868. The van der Waals surface area contributed by atoms with Gasteiger partial charge < -0.3 is 15.0 Å². The number of hydrogen-bond donors (Lipinski definition) is 1. The fourth-order valence-electron chi connectivity index (χ4n) is 4.10. The number of rotatable bonds is 3. The molecule has 1 saturated carbocycles. The summed E-state index contributed by atoms with van der Waals surface area (Å²) in [6, 6.07) is 0. The monoisotopic (exact) mass is 316 g/mol. The van der Waals surface area contributed by atoms with Crippen LogP contribution in [0.5, 0.6) is 0 Å². The summed E-state index contributed by atoms with van der Waals surface area (Å²) >= 11 is 0. The van der Waals surface area contributed by atoms with Crippen molar-refractivity contribution in [2.24, 2.45) is 10.8 Å². The van der Waals surface area contributed by atoms with Gasteiger partial charge in [0, 0.05) is 20.2 Å². The molecule has 0 atom stereocenters. The molecule has 5 heteroatoms. The minimum atomic E-state index is -0.152. The highest BCUT2D eigenvalue weighted by Crippen LogP contribution is 2.48. The number of nitrogens with one attached hydrogen (secondary N) is 1. The van der Waals surface area contributed by atoms with Crippen molar-refractivity contribution in [3.05, 3.63) is 0 Å². The van der Waals surface area contributed by atoms with Crippen LogP contribution in [-0.4, -0.2) is 50.7 Å². The van der Waals surface area contributed by atoms with Crippen LogP contribution >= 0.6 is 12.4 Å². The second-order valence-electron chi connectivity index (χ2n) is 7.11. The Morgan fingerprint density at radius 2 is 1.81 bits per heavy atom. The summed E-state index contributed by atoms with van der Waals surface area (Å²) in [6.07, 6.45) is 8.29. The molecule has 0 radical (unpaired) electrons. The third kappa shape index (κ3) is 3.54. The highest BCUT2D eigenvalue weighted by molar-refractivity contribution is 5.85. The standard InChI is InChI=1S/C16H28N2O2.ClH/c1-20-13-16(4-5-16)14(19)18-11-2-3-15(8-12-18)6-9-17-10-7-15;/h17H,2-13H2,1H3;1H. The Morgan fingerprint density at radius 3 is 2.43 bits per heavy atom. The van der Waals surface area contributed by atoms with Crippen LogP contribution in [0.25, 0.3) is 0 Å². The average Bonchev–Trinajstić information content (AvgIpc) is 3.26. The second kappa shape index (κ2) is 6.84. The molecule has 3 rings (SSSR count). The van der Waals surface area contributed by atoms with Crippen molar-refractivity contribution >= 4 is 18.3 Å². The lowest BCUT2D eigenvalue weighted by Crippen LogP contribution is -2.41. The zero-order valence-corrected chi connectivity index (χ0v) is 14.0. The minimum absolute atomic E-state index is 0. The number of amides is 1. The molecule has 0 unspecified atom stereocenters. The summed E-state index contributed by atoms with van der Waals surface area (Å²) in [5.74, 6) is 0.366. The van der Waals surface area contributed by atoms with Crippen molar-refractivity contribution in [1.82, 2.24) is 10.2 Å². The predicted octanol–water partition coefficient (Wildman–Crippen LogP) is 2.22. The first-order valence-corrected chi connectivity index (χ1v) is 8.19. The van der Waals surface area contributed by atoms with Gasteiger partial charge in [-0.25, -0.2) is 0 Å². The van der Waals surface area contributed by atoms with Gasteiger partial charge in [0.05, 0.1) is 12.0 Å². The van der Waals surface area contributed by atoms with Gasteiger partial charge in [0.2, 0.25) is 5.91 Å². The van der Waals surface area contributed by atoms with Gasteiger partial charge in [-0.2, -0.15) is 0 Å². The molecule has 0 bridgehead atoms. The Balaban J connectivity index is 0.00000161. The predicted molar refractivity (Wildman–Crippen MR) is 85.8 cm³/mol. The van der Waals surface area contributed by atoms with Crippen LogP contribution in [0.2, 0.25) is 0 Å². The van der Waals surface area contributed by atoms with E-state index in [0.29, 0.717) is 17.9 Å². The maximum Gasteiger partial charge on any atom is 0.231 e. The Labute approximate surface area is 134 Å². The molecule has 4 nitrogen and oxygen atoms in total. The molecular formula is C16H29ClN2O2. The molecule has 0 aromatic carbocycles. The maximum atomic E-state index is 12.7. The summed E-state index contributed by atoms with van der Waals surface area (Å²) in [5, 5.41) is 3.46.